The number of hydrogen-bond donors (Lipinski definition) is 2. The van der Waals surface area contributed by atoms with Crippen molar-refractivity contribution in [3.8, 4) is 0 Å². The van der Waals surface area contributed by atoms with Crippen LogP contribution >= 0.6 is 0 Å². The fourth-order valence-electron chi connectivity index (χ4n) is 9.01. The predicted octanol–water partition coefficient (Wildman–Crippen LogP) is 14.2. The van der Waals surface area contributed by atoms with E-state index in [1.165, 1.54) is 19.3 Å². The number of esters is 2. The Balaban J connectivity index is 0.000000618. The first-order valence-electron chi connectivity index (χ1n) is 23.9. The van der Waals surface area contributed by atoms with E-state index >= 15 is 0 Å². The van der Waals surface area contributed by atoms with Gasteiger partial charge >= 0.3 is 11.9 Å². The number of aliphatic hydroxyl groups is 2. The summed E-state index contributed by atoms with van der Waals surface area (Å²) in [7, 11) is 0. The second kappa shape index (κ2) is 26.2. The van der Waals surface area contributed by atoms with Crippen molar-refractivity contribution < 1.29 is 29.3 Å². The molecule has 6 nitrogen and oxygen atoms in total. The van der Waals surface area contributed by atoms with Crippen LogP contribution in [0.25, 0.3) is 0 Å². The molecule has 0 saturated heterocycles. The molecular formula is C55H94O6. The molecule has 0 aromatic heterocycles. The molecule has 2 aromatic rings. The molecule has 0 radical (unpaired) electrons. The quantitative estimate of drug-likeness (QED) is 0.0905. The Hall–Kier alpha value is -2.70. The number of ether oxygens (including phenoxy) is 2. The Morgan fingerprint density at radius 1 is 0.475 bits per heavy atom. The topological polar surface area (TPSA) is 93.1 Å². The van der Waals surface area contributed by atoms with Gasteiger partial charge in [-0.3, -0.25) is 9.59 Å². The zero-order valence-electron chi connectivity index (χ0n) is 42.3. The molecule has 6 heteroatoms. The van der Waals surface area contributed by atoms with Gasteiger partial charge in [0.25, 0.3) is 0 Å². The summed E-state index contributed by atoms with van der Waals surface area (Å²) in [5.74, 6) is 0.390. The molecule has 0 aliphatic carbocycles. The summed E-state index contributed by atoms with van der Waals surface area (Å²) in [6.45, 7) is 37.6. The third-order valence-corrected chi connectivity index (χ3v) is 13.1. The number of carbonyl (C=O) groups is 2. The van der Waals surface area contributed by atoms with Gasteiger partial charge in [0.05, 0.1) is 37.3 Å². The van der Waals surface area contributed by atoms with Crippen LogP contribution in [0.4, 0.5) is 0 Å². The van der Waals surface area contributed by atoms with Gasteiger partial charge in [-0.05, 0) is 102 Å². The lowest BCUT2D eigenvalue weighted by atomic mass is 9.65. The highest BCUT2D eigenvalue weighted by Crippen LogP contribution is 2.43. The molecule has 8 unspecified atom stereocenters. The number of unbranched alkanes of at least 4 members (excludes halogenated alkanes) is 2. The van der Waals surface area contributed by atoms with Crippen molar-refractivity contribution in [2.75, 3.05) is 13.2 Å². The normalized spacial score (nSPS) is 16.6. The lowest BCUT2D eigenvalue weighted by Gasteiger charge is -2.43. The Morgan fingerprint density at radius 2 is 0.787 bits per heavy atom. The van der Waals surface area contributed by atoms with Crippen molar-refractivity contribution in [1.82, 2.24) is 0 Å². The van der Waals surface area contributed by atoms with Gasteiger partial charge in [-0.1, -0.05) is 197 Å². The molecule has 0 spiro atoms. The van der Waals surface area contributed by atoms with E-state index in [1.54, 1.807) is 0 Å². The Kier molecular flexibility index (Phi) is 24.2. The summed E-state index contributed by atoms with van der Waals surface area (Å²) in [4.78, 5) is 25.1. The maximum absolute atomic E-state index is 12.6. The van der Waals surface area contributed by atoms with Crippen LogP contribution in [-0.4, -0.2) is 47.6 Å². The molecule has 2 rings (SSSR count). The molecule has 2 N–H and O–H groups in total. The van der Waals surface area contributed by atoms with E-state index < -0.39 is 12.2 Å². The number of carbonyl (C=O) groups excluding carboxylic acids is 2. The van der Waals surface area contributed by atoms with Crippen LogP contribution in [0.5, 0.6) is 0 Å². The Bertz CT molecular complexity index is 1470. The van der Waals surface area contributed by atoms with Crippen molar-refractivity contribution in [1.29, 1.82) is 0 Å². The third-order valence-electron chi connectivity index (χ3n) is 13.1. The summed E-state index contributed by atoms with van der Waals surface area (Å²) >= 11 is 0. The fraction of sp³-hybridized carbons (Fsp3) is 0.745. The number of benzene rings is 2. The van der Waals surface area contributed by atoms with E-state index in [4.69, 9.17) is 9.47 Å². The standard InChI is InChI=1S/C30H52O3.C25H42O3/c1-22(2)16-12-10-15-19-25(29(4,5)6)27(31)26(30(7,8)9)20-21-33-28(32)23(3)24-17-13-11-14-18-24;1-9-13-20(24(3,4)5)22(26)21(25(6,7)8)16-17-28-23(27)18(2)19-14-11-10-12-15-19/h11,13-14,17-18,22-23,25-27,31H,10,12,15-16,19-21H2,1-9H3;10-12,14-15,18,20-22,26H,9,13,16-17H2,1-8H3. The minimum absolute atomic E-state index is 0.0272. The predicted molar refractivity (Wildman–Crippen MR) is 257 cm³/mol. The molecule has 350 valence electrons. The second-order valence-electron chi connectivity index (χ2n) is 22.9. The summed E-state index contributed by atoms with van der Waals surface area (Å²) in [5, 5.41) is 22.9. The lowest BCUT2D eigenvalue weighted by molar-refractivity contribution is -0.147. The van der Waals surface area contributed by atoms with Crippen molar-refractivity contribution >= 4 is 11.9 Å². The molecule has 0 saturated carbocycles. The summed E-state index contributed by atoms with van der Waals surface area (Å²) < 4.78 is 11.3. The monoisotopic (exact) mass is 851 g/mol. The minimum atomic E-state index is -0.416. The van der Waals surface area contributed by atoms with Gasteiger partial charge in [0.2, 0.25) is 0 Å². The first-order valence-corrected chi connectivity index (χ1v) is 23.9. The second-order valence-corrected chi connectivity index (χ2v) is 22.9. The van der Waals surface area contributed by atoms with E-state index in [0.29, 0.717) is 26.1 Å². The van der Waals surface area contributed by atoms with Gasteiger partial charge in [-0.25, -0.2) is 0 Å². The zero-order chi connectivity index (χ0) is 46.8. The van der Waals surface area contributed by atoms with Crippen LogP contribution in [-0.2, 0) is 19.1 Å². The first-order chi connectivity index (χ1) is 28.1. The van der Waals surface area contributed by atoms with Gasteiger partial charge in [0.15, 0.2) is 0 Å². The minimum Gasteiger partial charge on any atom is -0.465 e. The van der Waals surface area contributed by atoms with Gasteiger partial charge in [-0.2, -0.15) is 0 Å². The highest BCUT2D eigenvalue weighted by Gasteiger charge is 2.41. The molecule has 0 bridgehead atoms. The molecular weight excluding hydrogens is 757 g/mol. The molecule has 8 atom stereocenters. The lowest BCUT2D eigenvalue weighted by Crippen LogP contribution is -2.43. The average molecular weight is 851 g/mol. The van der Waals surface area contributed by atoms with Crippen LogP contribution in [0.1, 0.15) is 198 Å². The van der Waals surface area contributed by atoms with Crippen molar-refractivity contribution in [2.45, 2.75) is 200 Å². The number of aliphatic hydroxyl groups excluding tert-OH is 2. The van der Waals surface area contributed by atoms with Crippen LogP contribution < -0.4 is 0 Å². The molecule has 0 heterocycles. The van der Waals surface area contributed by atoms with Crippen molar-refractivity contribution in [3.63, 3.8) is 0 Å². The SMILES string of the molecule is CC(C)CCCCCC(C(O)C(CCOC(=O)C(C)c1ccccc1)C(C)(C)C)C(C)(C)C.CCCC(C(O)C(CCOC(=O)C(C)c1ccccc1)C(C)(C)C)C(C)(C)C. The van der Waals surface area contributed by atoms with E-state index in [9.17, 15) is 19.8 Å². The highest BCUT2D eigenvalue weighted by molar-refractivity contribution is 5.78. The maximum Gasteiger partial charge on any atom is 0.313 e. The average Bonchev–Trinajstić information content (AvgIpc) is 3.16. The molecule has 61 heavy (non-hydrogen) atoms. The molecule has 0 amide bonds. The van der Waals surface area contributed by atoms with E-state index in [0.717, 1.165) is 42.7 Å². The van der Waals surface area contributed by atoms with Crippen LogP contribution in [0.15, 0.2) is 60.7 Å². The molecule has 0 aliphatic heterocycles. The Labute approximate surface area is 375 Å². The summed E-state index contributed by atoms with van der Waals surface area (Å²) in [5.41, 5.74) is 1.87. The summed E-state index contributed by atoms with van der Waals surface area (Å²) in [6, 6.07) is 19.5. The smallest absolute Gasteiger partial charge is 0.313 e. The third kappa shape index (κ3) is 20.6. The first kappa shape index (κ1) is 56.3. The van der Waals surface area contributed by atoms with Crippen molar-refractivity contribution in [3.05, 3.63) is 71.8 Å². The number of rotatable bonds is 22. The van der Waals surface area contributed by atoms with E-state index in [-0.39, 0.29) is 69.1 Å². The van der Waals surface area contributed by atoms with Gasteiger partial charge in [0, 0.05) is 0 Å². The largest absolute Gasteiger partial charge is 0.465 e. The molecule has 2 aromatic carbocycles. The van der Waals surface area contributed by atoms with Gasteiger partial charge < -0.3 is 19.7 Å². The van der Waals surface area contributed by atoms with E-state index in [2.05, 4.69) is 104 Å². The van der Waals surface area contributed by atoms with Crippen LogP contribution in [0.3, 0.4) is 0 Å². The number of hydrogen-bond acceptors (Lipinski definition) is 6. The Morgan fingerprint density at radius 3 is 1.10 bits per heavy atom. The fourth-order valence-corrected chi connectivity index (χ4v) is 9.01. The highest BCUT2D eigenvalue weighted by atomic mass is 16.5. The van der Waals surface area contributed by atoms with E-state index in [1.807, 2.05) is 74.5 Å². The van der Waals surface area contributed by atoms with Crippen LogP contribution in [0.2, 0.25) is 0 Å². The van der Waals surface area contributed by atoms with Crippen LogP contribution in [0, 0.1) is 51.2 Å². The summed E-state index contributed by atoms with van der Waals surface area (Å²) in [6.07, 6.45) is 8.56. The maximum atomic E-state index is 12.6. The molecule has 0 aliphatic rings. The van der Waals surface area contributed by atoms with Gasteiger partial charge in [0.1, 0.15) is 0 Å². The van der Waals surface area contributed by atoms with Crippen molar-refractivity contribution in [2.24, 2.45) is 51.2 Å². The molecule has 0 fully saturated rings. The van der Waals surface area contributed by atoms with Gasteiger partial charge in [-0.15, -0.1) is 0 Å². The zero-order valence-corrected chi connectivity index (χ0v) is 42.3.